The first kappa shape index (κ1) is 80.1. The Hall–Kier alpha value is -0.900. The molecular weight excluding hydrogens is 1060 g/mol. The summed E-state index contributed by atoms with van der Waals surface area (Å²) >= 11 is 0. The van der Waals surface area contributed by atoms with Gasteiger partial charge in [0.05, 0.1) is 25.4 Å². The molecule has 1 aliphatic rings. The second-order valence-electron chi connectivity index (χ2n) is 25.9. The largest absolute Gasteiger partial charge is 0.397 e. The molecule has 13 heteroatoms. The summed E-state index contributed by atoms with van der Waals surface area (Å²) in [7, 11) is -5.08. The maximum absolute atomic E-state index is 13.2. The molecule has 0 aromatic rings. The molecule has 83 heavy (non-hydrogen) atoms. The van der Waals surface area contributed by atoms with Crippen LogP contribution in [0.5, 0.6) is 0 Å². The number of aliphatic hydroxyl groups excluding tert-OH is 4. The van der Waals surface area contributed by atoms with Gasteiger partial charge >= 0.3 is 10.4 Å². The van der Waals surface area contributed by atoms with Crippen molar-refractivity contribution in [3.8, 4) is 0 Å². The number of carbonyl (C=O) groups excluding carboxylic acids is 1. The van der Waals surface area contributed by atoms with E-state index in [0.29, 0.717) is 12.8 Å². The van der Waals surface area contributed by atoms with Crippen molar-refractivity contribution in [2.75, 3.05) is 13.2 Å². The van der Waals surface area contributed by atoms with E-state index in [1.807, 2.05) is 0 Å². The number of carbonyl (C=O) groups is 1. The zero-order chi connectivity index (χ0) is 60.4. The quantitative estimate of drug-likeness (QED) is 0.0251. The summed E-state index contributed by atoms with van der Waals surface area (Å²) < 4.78 is 48.2. The van der Waals surface area contributed by atoms with Gasteiger partial charge in [0.15, 0.2) is 6.29 Å². The molecule has 7 unspecified atom stereocenters. The molecule has 6 N–H and O–H groups in total. The van der Waals surface area contributed by atoms with Gasteiger partial charge in [-0.05, 0) is 12.8 Å². The Morgan fingerprint density at radius 2 is 0.699 bits per heavy atom. The lowest BCUT2D eigenvalue weighted by molar-refractivity contribution is -0.298. The van der Waals surface area contributed by atoms with Gasteiger partial charge in [-0.1, -0.05) is 367 Å². The predicted molar refractivity (Wildman–Crippen MR) is 347 cm³/mol. The monoisotopic (exact) mass is 1200 g/mol. The summed E-state index contributed by atoms with van der Waals surface area (Å²) in [6.45, 7) is 3.54. The minimum Gasteiger partial charge on any atom is -0.394 e. The smallest absolute Gasteiger partial charge is 0.394 e. The number of amides is 1. The van der Waals surface area contributed by atoms with E-state index in [2.05, 4.69) is 23.3 Å². The van der Waals surface area contributed by atoms with Crippen LogP contribution in [0.15, 0.2) is 0 Å². The van der Waals surface area contributed by atoms with Gasteiger partial charge in [-0.2, -0.15) is 8.42 Å². The zero-order valence-electron chi connectivity index (χ0n) is 54.6. The van der Waals surface area contributed by atoms with E-state index >= 15 is 0 Å². The highest BCUT2D eigenvalue weighted by Gasteiger charge is 2.48. The van der Waals surface area contributed by atoms with Gasteiger partial charge in [0.2, 0.25) is 5.91 Å². The number of aliphatic hydroxyl groups is 4. The van der Waals surface area contributed by atoms with E-state index in [0.717, 1.165) is 51.4 Å². The lowest BCUT2D eigenvalue weighted by atomic mass is 9.99. The fraction of sp³-hybridized carbons (Fsp3) is 0.986. The molecule has 1 aliphatic heterocycles. The van der Waals surface area contributed by atoms with Gasteiger partial charge in [0.1, 0.15) is 24.4 Å². The van der Waals surface area contributed by atoms with Crippen LogP contribution in [0, 0.1) is 0 Å². The lowest BCUT2D eigenvalue weighted by Gasteiger charge is -2.41. The SMILES string of the molecule is CCCCCCCCCCCCCCCCCCCCCCCCCCCCCCCCCCC(=O)NC(COC1OC(CO)C(O)C(OS(=O)(=O)O)C1O)C(O)CCCCCCCCCCCCCCCCCCCCCCCCCC. The van der Waals surface area contributed by atoms with Crippen molar-refractivity contribution in [2.45, 2.75) is 429 Å². The summed E-state index contributed by atoms with van der Waals surface area (Å²) in [5.74, 6) is -0.218. The van der Waals surface area contributed by atoms with Crippen molar-refractivity contribution >= 4 is 16.3 Å². The second-order valence-corrected chi connectivity index (χ2v) is 26.9. The molecule has 0 aliphatic carbocycles. The van der Waals surface area contributed by atoms with Crippen LogP contribution in [0.25, 0.3) is 0 Å². The van der Waals surface area contributed by atoms with Gasteiger partial charge in [-0.3, -0.25) is 9.35 Å². The Labute approximate surface area is 513 Å². The molecule has 0 spiro atoms. The molecule has 0 aromatic heterocycles. The Morgan fingerprint density at radius 3 is 0.964 bits per heavy atom. The van der Waals surface area contributed by atoms with Gasteiger partial charge in [0.25, 0.3) is 0 Å². The van der Waals surface area contributed by atoms with Crippen LogP contribution in [0.3, 0.4) is 0 Å². The summed E-state index contributed by atoms with van der Waals surface area (Å²) in [4.78, 5) is 13.2. The third-order valence-corrected chi connectivity index (χ3v) is 18.4. The highest BCUT2D eigenvalue weighted by molar-refractivity contribution is 7.80. The topological polar surface area (TPSA) is 192 Å². The Morgan fingerprint density at radius 1 is 0.434 bits per heavy atom. The fourth-order valence-corrected chi connectivity index (χ4v) is 12.9. The van der Waals surface area contributed by atoms with Crippen LogP contribution in [0.4, 0.5) is 0 Å². The Bertz CT molecular complexity index is 1460. The molecule has 1 amide bonds. The van der Waals surface area contributed by atoms with Crippen molar-refractivity contribution in [1.29, 1.82) is 0 Å². The zero-order valence-corrected chi connectivity index (χ0v) is 55.4. The minimum atomic E-state index is -5.08. The van der Waals surface area contributed by atoms with Gasteiger partial charge in [-0.15, -0.1) is 0 Å². The molecule has 1 saturated heterocycles. The maximum atomic E-state index is 13.2. The van der Waals surface area contributed by atoms with E-state index in [4.69, 9.17) is 9.47 Å². The predicted octanol–water partition coefficient (Wildman–Crippen LogP) is 19.1. The second kappa shape index (κ2) is 60.0. The number of nitrogens with one attached hydrogen (secondary N) is 1. The first-order valence-corrected chi connectivity index (χ1v) is 37.8. The van der Waals surface area contributed by atoms with Gasteiger partial charge in [-0.25, -0.2) is 4.18 Å². The van der Waals surface area contributed by atoms with Crippen molar-refractivity contribution in [3.05, 3.63) is 0 Å². The molecule has 1 heterocycles. The van der Waals surface area contributed by atoms with E-state index < -0.39 is 59.9 Å². The number of hydrogen-bond acceptors (Lipinski definition) is 10. The van der Waals surface area contributed by atoms with Gasteiger partial charge < -0.3 is 35.2 Å². The molecule has 0 radical (unpaired) electrons. The standard InChI is InChI=1S/C70H139NO11S/c1-3-5-7-9-11-13-15-17-19-21-23-25-27-29-30-31-32-33-34-35-36-38-40-42-44-46-48-50-52-54-56-58-60-66(74)71-63(62-80-70-68(76)69(82-83(77,78)79)67(75)65(61-72)81-70)64(73)59-57-55-53-51-49-47-45-43-41-39-37-28-26-24-22-20-18-16-14-12-10-8-6-4-2/h63-65,67-70,72-73,75-76H,3-62H2,1-2H3,(H,71,74)(H,77,78,79). The third kappa shape index (κ3) is 51.7. The van der Waals surface area contributed by atoms with Crippen molar-refractivity contribution in [3.63, 3.8) is 0 Å². The molecular formula is C70H139NO11S. The normalized spacial score (nSPS) is 18.3. The van der Waals surface area contributed by atoms with Crippen molar-refractivity contribution < 1.29 is 51.8 Å². The van der Waals surface area contributed by atoms with E-state index in [1.165, 1.54) is 308 Å². The average molecular weight is 1200 g/mol. The Balaban J connectivity index is 2.19. The van der Waals surface area contributed by atoms with E-state index in [-0.39, 0.29) is 12.5 Å². The molecule has 496 valence electrons. The highest BCUT2D eigenvalue weighted by Crippen LogP contribution is 2.27. The average Bonchev–Trinajstić information content (AvgIpc) is 3.56. The van der Waals surface area contributed by atoms with Crippen LogP contribution in [-0.4, -0.2) is 95.4 Å². The fourth-order valence-electron chi connectivity index (χ4n) is 12.4. The molecule has 0 bridgehead atoms. The molecule has 0 aromatic carbocycles. The van der Waals surface area contributed by atoms with Crippen molar-refractivity contribution in [2.24, 2.45) is 0 Å². The molecule has 7 atom stereocenters. The number of ether oxygens (including phenoxy) is 2. The van der Waals surface area contributed by atoms with Crippen molar-refractivity contribution in [1.82, 2.24) is 5.32 Å². The number of rotatable bonds is 66. The molecule has 12 nitrogen and oxygen atoms in total. The van der Waals surface area contributed by atoms with Crippen LogP contribution in [0.1, 0.15) is 386 Å². The van der Waals surface area contributed by atoms with E-state index in [1.54, 1.807) is 0 Å². The maximum Gasteiger partial charge on any atom is 0.397 e. The van der Waals surface area contributed by atoms with Crippen LogP contribution >= 0.6 is 0 Å². The summed E-state index contributed by atoms with van der Waals surface area (Å²) in [5, 5.41) is 45.4. The van der Waals surface area contributed by atoms with Gasteiger partial charge in [0, 0.05) is 6.42 Å². The summed E-state index contributed by atoms with van der Waals surface area (Å²) in [6, 6.07) is -0.855. The third-order valence-electron chi connectivity index (χ3n) is 17.9. The lowest BCUT2D eigenvalue weighted by Crippen LogP contribution is -2.61. The summed E-state index contributed by atoms with van der Waals surface area (Å²) in [5.41, 5.74) is 0. The van der Waals surface area contributed by atoms with E-state index in [9.17, 15) is 38.2 Å². The number of unbranched alkanes of at least 4 members (excludes halogenated alkanes) is 54. The minimum absolute atomic E-state index is 0.218. The van der Waals surface area contributed by atoms with Crippen LogP contribution in [0.2, 0.25) is 0 Å². The molecule has 1 fully saturated rings. The van der Waals surface area contributed by atoms with Crippen LogP contribution in [-0.2, 0) is 28.9 Å². The summed E-state index contributed by atoms with van der Waals surface area (Å²) in [6.07, 6.45) is 65.8. The Kier molecular flexibility index (Phi) is 57.9. The highest BCUT2D eigenvalue weighted by atomic mass is 32.3. The first-order chi connectivity index (χ1) is 40.5. The molecule has 0 saturated carbocycles. The number of hydrogen-bond donors (Lipinski definition) is 6. The van der Waals surface area contributed by atoms with Crippen LogP contribution < -0.4 is 5.32 Å². The first-order valence-electron chi connectivity index (χ1n) is 36.4. The molecule has 1 rings (SSSR count).